The largest absolute Gasteiger partial charge is 0.308 e. The zero-order valence-electron chi connectivity index (χ0n) is 11.8. The molecule has 3 heteroatoms. The highest BCUT2D eigenvalue weighted by Crippen LogP contribution is 2.32. The van der Waals surface area contributed by atoms with Gasteiger partial charge < -0.3 is 5.32 Å². The SMILES string of the molecule is CCCCCC(NCCC)c1nc2c(s1)CCC2. The van der Waals surface area contributed by atoms with Gasteiger partial charge in [-0.2, -0.15) is 0 Å². The minimum atomic E-state index is 0.507. The lowest BCUT2D eigenvalue weighted by atomic mass is 10.1. The van der Waals surface area contributed by atoms with Gasteiger partial charge in [0.1, 0.15) is 5.01 Å². The topological polar surface area (TPSA) is 24.9 Å². The zero-order chi connectivity index (χ0) is 12.8. The normalized spacial score (nSPS) is 15.9. The van der Waals surface area contributed by atoms with Crippen LogP contribution in [0.2, 0.25) is 0 Å². The fraction of sp³-hybridized carbons (Fsp3) is 0.800. The third-order valence-electron chi connectivity index (χ3n) is 3.65. The van der Waals surface area contributed by atoms with Gasteiger partial charge in [-0.05, 0) is 38.6 Å². The fourth-order valence-electron chi connectivity index (χ4n) is 2.59. The molecule has 0 aliphatic heterocycles. The maximum atomic E-state index is 4.88. The van der Waals surface area contributed by atoms with Crippen molar-refractivity contribution in [3.8, 4) is 0 Å². The van der Waals surface area contributed by atoms with Crippen LogP contribution in [0.1, 0.15) is 74.0 Å². The van der Waals surface area contributed by atoms with Crippen molar-refractivity contribution in [1.82, 2.24) is 10.3 Å². The van der Waals surface area contributed by atoms with E-state index < -0.39 is 0 Å². The number of nitrogens with one attached hydrogen (secondary N) is 1. The van der Waals surface area contributed by atoms with Crippen LogP contribution < -0.4 is 5.32 Å². The first-order valence-corrected chi connectivity index (χ1v) is 8.38. The summed E-state index contributed by atoms with van der Waals surface area (Å²) >= 11 is 1.96. The van der Waals surface area contributed by atoms with Crippen molar-refractivity contribution in [2.75, 3.05) is 6.54 Å². The van der Waals surface area contributed by atoms with Gasteiger partial charge in [0, 0.05) is 4.88 Å². The van der Waals surface area contributed by atoms with Crippen molar-refractivity contribution in [2.45, 2.75) is 71.3 Å². The number of nitrogens with zero attached hydrogens (tertiary/aromatic N) is 1. The van der Waals surface area contributed by atoms with E-state index in [-0.39, 0.29) is 0 Å². The third-order valence-corrected chi connectivity index (χ3v) is 4.92. The van der Waals surface area contributed by atoms with E-state index >= 15 is 0 Å². The molecule has 0 amide bonds. The van der Waals surface area contributed by atoms with Crippen LogP contribution in [0.25, 0.3) is 0 Å². The van der Waals surface area contributed by atoms with Gasteiger partial charge in [-0.3, -0.25) is 0 Å². The van der Waals surface area contributed by atoms with Crippen LogP contribution in [0.3, 0.4) is 0 Å². The second-order valence-electron chi connectivity index (χ2n) is 5.28. The lowest BCUT2D eigenvalue weighted by molar-refractivity contribution is 0.472. The zero-order valence-corrected chi connectivity index (χ0v) is 12.6. The van der Waals surface area contributed by atoms with Gasteiger partial charge >= 0.3 is 0 Å². The molecule has 0 spiro atoms. The van der Waals surface area contributed by atoms with Crippen molar-refractivity contribution in [2.24, 2.45) is 0 Å². The molecule has 0 saturated carbocycles. The second-order valence-corrected chi connectivity index (χ2v) is 6.39. The first-order valence-electron chi connectivity index (χ1n) is 7.57. The molecule has 1 heterocycles. The first-order chi connectivity index (χ1) is 8.85. The molecule has 1 atom stereocenters. The van der Waals surface area contributed by atoms with E-state index in [1.807, 2.05) is 11.3 Å². The molecule has 0 radical (unpaired) electrons. The first kappa shape index (κ1) is 14.0. The fourth-order valence-corrected chi connectivity index (χ4v) is 3.85. The molecule has 1 aromatic heterocycles. The molecule has 1 aliphatic rings. The summed E-state index contributed by atoms with van der Waals surface area (Å²) < 4.78 is 0. The van der Waals surface area contributed by atoms with Crippen molar-refractivity contribution in [1.29, 1.82) is 0 Å². The highest BCUT2D eigenvalue weighted by atomic mass is 32.1. The van der Waals surface area contributed by atoms with Crippen molar-refractivity contribution in [3.63, 3.8) is 0 Å². The molecular formula is C15H26N2S. The van der Waals surface area contributed by atoms with Crippen LogP contribution in [0.4, 0.5) is 0 Å². The highest BCUT2D eigenvalue weighted by Gasteiger charge is 2.21. The Bertz CT molecular complexity index is 338. The summed E-state index contributed by atoms with van der Waals surface area (Å²) in [7, 11) is 0. The molecule has 0 saturated heterocycles. The maximum absolute atomic E-state index is 4.88. The summed E-state index contributed by atoms with van der Waals surface area (Å²) in [4.78, 5) is 6.44. The van der Waals surface area contributed by atoms with Gasteiger partial charge in [0.15, 0.2) is 0 Å². The van der Waals surface area contributed by atoms with Crippen molar-refractivity contribution >= 4 is 11.3 Å². The maximum Gasteiger partial charge on any atom is 0.110 e. The average molecular weight is 266 g/mol. The summed E-state index contributed by atoms with van der Waals surface area (Å²) in [6, 6.07) is 0.507. The number of hydrogen-bond donors (Lipinski definition) is 1. The number of aromatic nitrogens is 1. The Morgan fingerprint density at radius 2 is 2.11 bits per heavy atom. The number of rotatable bonds is 8. The molecule has 2 rings (SSSR count). The van der Waals surface area contributed by atoms with Crippen LogP contribution in [0.5, 0.6) is 0 Å². The van der Waals surface area contributed by atoms with Crippen LogP contribution in [0.15, 0.2) is 0 Å². The van der Waals surface area contributed by atoms with E-state index in [0.717, 1.165) is 6.54 Å². The monoisotopic (exact) mass is 266 g/mol. The van der Waals surface area contributed by atoms with Gasteiger partial charge in [-0.25, -0.2) is 4.98 Å². The molecule has 18 heavy (non-hydrogen) atoms. The Morgan fingerprint density at radius 3 is 2.83 bits per heavy atom. The Labute approximate surface area is 115 Å². The third kappa shape index (κ3) is 3.55. The van der Waals surface area contributed by atoms with E-state index in [1.54, 1.807) is 4.88 Å². The molecule has 0 bridgehead atoms. The molecule has 2 nitrogen and oxygen atoms in total. The summed E-state index contributed by atoms with van der Waals surface area (Å²) in [6.07, 6.45) is 10.2. The Kier molecular flexibility index (Phi) is 5.64. The Balaban J connectivity index is 1.97. The van der Waals surface area contributed by atoms with Gasteiger partial charge in [0.05, 0.1) is 11.7 Å². The van der Waals surface area contributed by atoms with Gasteiger partial charge in [-0.1, -0.05) is 33.1 Å². The highest BCUT2D eigenvalue weighted by molar-refractivity contribution is 7.11. The summed E-state index contributed by atoms with van der Waals surface area (Å²) in [6.45, 7) is 5.62. The van der Waals surface area contributed by atoms with Crippen molar-refractivity contribution < 1.29 is 0 Å². The number of fused-ring (bicyclic) bond motifs is 1. The smallest absolute Gasteiger partial charge is 0.110 e. The lowest BCUT2D eigenvalue weighted by Crippen LogP contribution is -2.22. The number of aryl methyl sites for hydroxylation is 2. The van der Waals surface area contributed by atoms with Crippen LogP contribution in [0, 0.1) is 0 Å². The molecule has 1 aliphatic carbocycles. The second kappa shape index (κ2) is 7.25. The molecule has 0 fully saturated rings. The van der Waals surface area contributed by atoms with Crippen LogP contribution in [-0.4, -0.2) is 11.5 Å². The van der Waals surface area contributed by atoms with Gasteiger partial charge in [0.2, 0.25) is 0 Å². The van der Waals surface area contributed by atoms with E-state index in [0.29, 0.717) is 6.04 Å². The predicted octanol–water partition coefficient (Wildman–Crippen LogP) is 4.25. The molecule has 0 aromatic carbocycles. The Hall–Kier alpha value is -0.410. The molecular weight excluding hydrogens is 240 g/mol. The van der Waals surface area contributed by atoms with Gasteiger partial charge in [0.25, 0.3) is 0 Å². The summed E-state index contributed by atoms with van der Waals surface area (Å²) in [5.41, 5.74) is 1.40. The quantitative estimate of drug-likeness (QED) is 0.711. The molecule has 102 valence electrons. The lowest BCUT2D eigenvalue weighted by Gasteiger charge is -2.16. The number of unbranched alkanes of at least 4 members (excludes halogenated alkanes) is 2. The summed E-state index contributed by atoms with van der Waals surface area (Å²) in [5, 5.41) is 5.03. The number of hydrogen-bond acceptors (Lipinski definition) is 3. The number of thiazole rings is 1. The minimum absolute atomic E-state index is 0.507. The summed E-state index contributed by atoms with van der Waals surface area (Å²) in [5.74, 6) is 0. The molecule has 1 N–H and O–H groups in total. The van der Waals surface area contributed by atoms with E-state index in [9.17, 15) is 0 Å². The molecule has 1 unspecified atom stereocenters. The van der Waals surface area contributed by atoms with Crippen LogP contribution >= 0.6 is 11.3 Å². The Morgan fingerprint density at radius 1 is 1.22 bits per heavy atom. The van der Waals surface area contributed by atoms with E-state index in [2.05, 4.69) is 19.2 Å². The van der Waals surface area contributed by atoms with Crippen LogP contribution in [-0.2, 0) is 12.8 Å². The standard InChI is InChI=1S/C15H26N2S/c1-3-5-6-8-13(16-11-4-2)15-17-12-9-7-10-14(12)18-15/h13,16H,3-11H2,1-2H3. The van der Waals surface area contributed by atoms with Gasteiger partial charge in [-0.15, -0.1) is 11.3 Å². The van der Waals surface area contributed by atoms with Crippen molar-refractivity contribution in [3.05, 3.63) is 15.6 Å². The minimum Gasteiger partial charge on any atom is -0.308 e. The molecule has 1 aromatic rings. The van der Waals surface area contributed by atoms with E-state index in [4.69, 9.17) is 4.98 Å². The predicted molar refractivity (Wildman–Crippen MR) is 79.3 cm³/mol. The van der Waals surface area contributed by atoms with E-state index in [1.165, 1.54) is 62.1 Å². The average Bonchev–Trinajstić information content (AvgIpc) is 2.94.